The molecule has 162 valence electrons. The largest absolute Gasteiger partial charge is 0.379 e. The van der Waals surface area contributed by atoms with Gasteiger partial charge in [0.25, 0.3) is 0 Å². The van der Waals surface area contributed by atoms with E-state index >= 15 is 0 Å². The van der Waals surface area contributed by atoms with Crippen molar-refractivity contribution in [3.8, 4) is 0 Å². The molecule has 30 heavy (non-hydrogen) atoms. The summed E-state index contributed by atoms with van der Waals surface area (Å²) < 4.78 is 34.0. The van der Waals surface area contributed by atoms with E-state index in [-0.39, 0.29) is 16.1 Å². The van der Waals surface area contributed by atoms with Crippen molar-refractivity contribution < 1.29 is 17.9 Å². The molecular weight excluding hydrogens is 426 g/mol. The number of aromatic nitrogens is 3. The quantitative estimate of drug-likeness (QED) is 0.640. The number of hydrogen-bond acceptors (Lipinski definition) is 7. The van der Waals surface area contributed by atoms with Gasteiger partial charge in [0.15, 0.2) is 5.16 Å². The summed E-state index contributed by atoms with van der Waals surface area (Å²) in [6.45, 7) is 3.30. The number of benzene rings is 1. The molecule has 1 saturated carbocycles. The van der Waals surface area contributed by atoms with Gasteiger partial charge in [0.2, 0.25) is 15.9 Å². The zero-order valence-electron chi connectivity index (χ0n) is 16.9. The average molecular weight is 452 g/mol. The van der Waals surface area contributed by atoms with E-state index in [1.807, 2.05) is 18.5 Å². The third kappa shape index (κ3) is 4.53. The minimum absolute atomic E-state index is 0.181. The monoisotopic (exact) mass is 451 g/mol. The molecule has 4 rings (SSSR count). The number of anilines is 1. The van der Waals surface area contributed by atoms with Gasteiger partial charge in [-0.15, -0.1) is 10.2 Å². The Morgan fingerprint density at radius 2 is 1.87 bits per heavy atom. The number of carbonyl (C=O) groups excluding carboxylic acids is 1. The van der Waals surface area contributed by atoms with Crippen LogP contribution in [0.2, 0.25) is 0 Å². The summed E-state index contributed by atoms with van der Waals surface area (Å²) in [6.07, 6.45) is 2.29. The van der Waals surface area contributed by atoms with Gasteiger partial charge in [-0.05, 0) is 44.0 Å². The zero-order valence-corrected chi connectivity index (χ0v) is 18.6. The van der Waals surface area contributed by atoms with Crippen molar-refractivity contribution in [1.29, 1.82) is 0 Å². The lowest BCUT2D eigenvalue weighted by Gasteiger charge is -2.26. The first kappa shape index (κ1) is 21.3. The molecule has 0 spiro atoms. The number of rotatable bonds is 7. The lowest BCUT2D eigenvalue weighted by molar-refractivity contribution is -0.115. The molecular formula is C19H25N5O4S2. The summed E-state index contributed by atoms with van der Waals surface area (Å²) in [5.41, 5.74) is 0.546. The third-order valence-electron chi connectivity index (χ3n) is 5.19. The topological polar surface area (TPSA) is 106 Å². The van der Waals surface area contributed by atoms with Crippen molar-refractivity contribution in [3.63, 3.8) is 0 Å². The van der Waals surface area contributed by atoms with Gasteiger partial charge in [0, 0.05) is 31.7 Å². The van der Waals surface area contributed by atoms with Crippen LogP contribution in [-0.4, -0.2) is 64.9 Å². The van der Waals surface area contributed by atoms with Crippen LogP contribution in [0.5, 0.6) is 0 Å². The number of thioether (sulfide) groups is 1. The van der Waals surface area contributed by atoms with Crippen LogP contribution in [-0.2, 0) is 26.6 Å². The minimum atomic E-state index is -3.55. The van der Waals surface area contributed by atoms with Crippen LogP contribution in [0.25, 0.3) is 0 Å². The number of nitrogens with zero attached hydrogens (tertiary/aromatic N) is 4. The molecule has 0 unspecified atom stereocenters. The van der Waals surface area contributed by atoms with Gasteiger partial charge in [-0.25, -0.2) is 8.42 Å². The molecule has 1 aromatic carbocycles. The molecule has 0 bridgehead atoms. The molecule has 2 heterocycles. The summed E-state index contributed by atoms with van der Waals surface area (Å²) in [4.78, 5) is 12.8. The third-order valence-corrected chi connectivity index (χ3v) is 8.24. The Morgan fingerprint density at radius 1 is 1.20 bits per heavy atom. The number of amides is 1. The van der Waals surface area contributed by atoms with E-state index in [9.17, 15) is 13.2 Å². The maximum Gasteiger partial charge on any atom is 0.243 e. The van der Waals surface area contributed by atoms with Crippen LogP contribution < -0.4 is 5.32 Å². The molecule has 1 atom stereocenters. The highest BCUT2D eigenvalue weighted by molar-refractivity contribution is 8.00. The summed E-state index contributed by atoms with van der Waals surface area (Å²) in [7, 11) is -1.63. The van der Waals surface area contributed by atoms with Crippen LogP contribution in [0.4, 0.5) is 5.69 Å². The molecule has 1 saturated heterocycles. The van der Waals surface area contributed by atoms with Gasteiger partial charge in [-0.3, -0.25) is 4.79 Å². The van der Waals surface area contributed by atoms with Gasteiger partial charge < -0.3 is 14.6 Å². The van der Waals surface area contributed by atoms with E-state index in [1.54, 1.807) is 12.1 Å². The van der Waals surface area contributed by atoms with Crippen LogP contribution in [0, 0.1) is 0 Å². The Bertz CT molecular complexity index is 1010. The van der Waals surface area contributed by atoms with E-state index in [0.717, 1.165) is 18.7 Å². The smallest absolute Gasteiger partial charge is 0.243 e. The Hall–Kier alpha value is -1.95. The Labute approximate surface area is 180 Å². The van der Waals surface area contributed by atoms with Crippen LogP contribution in [0.1, 0.15) is 31.5 Å². The Morgan fingerprint density at radius 3 is 2.50 bits per heavy atom. The normalized spacial score (nSPS) is 18.9. The molecule has 1 aliphatic carbocycles. The standard InChI is InChI=1S/C19H25N5O4S2/c1-13(29-19-22-21-17(23(19)2)14-3-4-14)18(25)20-15-5-7-16(8-6-15)30(26,27)24-9-11-28-12-10-24/h5-8,13-14H,3-4,9-12H2,1-2H3,(H,20,25)/t13-/m1/s1. The number of ether oxygens (including phenoxy) is 1. The van der Waals surface area contributed by atoms with Crippen molar-refractivity contribution in [2.24, 2.45) is 7.05 Å². The zero-order chi connectivity index (χ0) is 21.3. The number of nitrogens with one attached hydrogen (secondary N) is 1. The van der Waals surface area contributed by atoms with Crippen molar-refractivity contribution in [3.05, 3.63) is 30.1 Å². The van der Waals surface area contributed by atoms with Crippen molar-refractivity contribution >= 4 is 33.4 Å². The highest BCUT2D eigenvalue weighted by Gasteiger charge is 2.30. The van der Waals surface area contributed by atoms with Gasteiger partial charge in [-0.1, -0.05) is 11.8 Å². The van der Waals surface area contributed by atoms with Gasteiger partial charge in [0.1, 0.15) is 5.82 Å². The summed E-state index contributed by atoms with van der Waals surface area (Å²) in [5.74, 6) is 1.29. The first-order valence-electron chi connectivity index (χ1n) is 9.91. The number of carbonyl (C=O) groups is 1. The van der Waals surface area contributed by atoms with Crippen LogP contribution in [0.15, 0.2) is 34.3 Å². The second kappa shape index (κ2) is 8.66. The molecule has 2 fully saturated rings. The molecule has 11 heteroatoms. The molecule has 1 aliphatic heterocycles. The van der Waals surface area contributed by atoms with Crippen molar-refractivity contribution in [2.75, 3.05) is 31.6 Å². The van der Waals surface area contributed by atoms with Gasteiger partial charge in [-0.2, -0.15) is 4.31 Å². The number of morpholine rings is 1. The van der Waals surface area contributed by atoms with Crippen LogP contribution in [0.3, 0.4) is 0 Å². The summed E-state index contributed by atoms with van der Waals surface area (Å²) in [6, 6.07) is 6.25. The molecule has 0 radical (unpaired) electrons. The highest BCUT2D eigenvalue weighted by atomic mass is 32.2. The SMILES string of the molecule is C[C@@H](Sc1nnc(C2CC2)n1C)C(=O)Nc1ccc(S(=O)(=O)N2CCOCC2)cc1. The van der Waals surface area contributed by atoms with E-state index in [1.165, 1.54) is 28.2 Å². The summed E-state index contributed by atoms with van der Waals surface area (Å²) >= 11 is 1.35. The lowest BCUT2D eigenvalue weighted by atomic mass is 10.3. The summed E-state index contributed by atoms with van der Waals surface area (Å²) in [5, 5.41) is 11.6. The van der Waals surface area contributed by atoms with Gasteiger partial charge in [0.05, 0.1) is 23.4 Å². The fourth-order valence-corrected chi connectivity index (χ4v) is 5.46. The molecule has 1 aromatic heterocycles. The fourth-order valence-electron chi connectivity index (χ4n) is 3.23. The first-order chi connectivity index (χ1) is 14.4. The van der Waals surface area contributed by atoms with E-state index < -0.39 is 10.0 Å². The number of hydrogen-bond donors (Lipinski definition) is 1. The first-order valence-corrected chi connectivity index (χ1v) is 12.2. The van der Waals surface area contributed by atoms with E-state index in [4.69, 9.17) is 4.74 Å². The van der Waals surface area contributed by atoms with Gasteiger partial charge >= 0.3 is 0 Å². The second-order valence-corrected chi connectivity index (χ2v) is 10.7. The maximum atomic E-state index is 12.7. The predicted octanol–water partition coefficient (Wildman–Crippen LogP) is 1.83. The highest BCUT2D eigenvalue weighted by Crippen LogP contribution is 2.39. The number of sulfonamides is 1. The van der Waals surface area contributed by atoms with Crippen molar-refractivity contribution in [2.45, 2.75) is 41.0 Å². The lowest BCUT2D eigenvalue weighted by Crippen LogP contribution is -2.40. The maximum absolute atomic E-state index is 12.7. The van der Waals surface area contributed by atoms with E-state index in [0.29, 0.717) is 43.1 Å². The van der Waals surface area contributed by atoms with Crippen molar-refractivity contribution in [1.82, 2.24) is 19.1 Å². The molecule has 9 nitrogen and oxygen atoms in total. The Kier molecular flexibility index (Phi) is 6.14. The molecule has 2 aliphatic rings. The Balaban J connectivity index is 1.37. The molecule has 1 N–H and O–H groups in total. The van der Waals surface area contributed by atoms with E-state index in [2.05, 4.69) is 15.5 Å². The molecule has 1 amide bonds. The second-order valence-electron chi connectivity index (χ2n) is 7.46. The average Bonchev–Trinajstić information content (AvgIpc) is 3.53. The predicted molar refractivity (Wildman–Crippen MR) is 113 cm³/mol. The minimum Gasteiger partial charge on any atom is -0.379 e. The fraction of sp³-hybridized carbons (Fsp3) is 0.526. The molecule has 2 aromatic rings. The van der Waals surface area contributed by atoms with Crippen LogP contribution >= 0.6 is 11.8 Å².